The van der Waals surface area contributed by atoms with Gasteiger partial charge in [-0.3, -0.25) is 4.79 Å². The lowest BCUT2D eigenvalue weighted by molar-refractivity contribution is -0.0158. The van der Waals surface area contributed by atoms with Gasteiger partial charge in [0, 0.05) is 38.2 Å². The van der Waals surface area contributed by atoms with Crippen molar-refractivity contribution in [3.8, 4) is 5.75 Å². The van der Waals surface area contributed by atoms with Crippen molar-refractivity contribution in [1.29, 1.82) is 0 Å². The van der Waals surface area contributed by atoms with Gasteiger partial charge in [0.2, 0.25) is 0 Å². The largest absolute Gasteiger partial charge is 0.494 e. The van der Waals surface area contributed by atoms with Gasteiger partial charge in [0.25, 0.3) is 17.7 Å². The summed E-state index contributed by atoms with van der Waals surface area (Å²) in [6, 6.07) is 5.80. The lowest BCUT2D eigenvalue weighted by Gasteiger charge is -2.30. The van der Waals surface area contributed by atoms with Crippen molar-refractivity contribution in [1.82, 2.24) is 20.8 Å². The third-order valence-corrected chi connectivity index (χ3v) is 6.79. The van der Waals surface area contributed by atoms with E-state index in [2.05, 4.69) is 20.8 Å². The van der Waals surface area contributed by atoms with Gasteiger partial charge in [-0.1, -0.05) is 0 Å². The molecular formula is C25H35F2N5O3. The molecule has 0 spiro atoms. The van der Waals surface area contributed by atoms with Gasteiger partial charge >= 0.3 is 5.92 Å². The highest BCUT2D eigenvalue weighted by Gasteiger charge is 2.33. The highest BCUT2D eigenvalue weighted by molar-refractivity contribution is 5.96. The average Bonchev–Trinajstić information content (AvgIpc) is 3.34. The lowest BCUT2D eigenvalue weighted by atomic mass is 9.92. The molecule has 35 heavy (non-hydrogen) atoms. The summed E-state index contributed by atoms with van der Waals surface area (Å²) in [5.74, 6) is -2.23. The highest BCUT2D eigenvalue weighted by atomic mass is 19.3. The first-order valence-corrected chi connectivity index (χ1v) is 12.5. The summed E-state index contributed by atoms with van der Waals surface area (Å²) in [5, 5.41) is 10.1. The Morgan fingerprint density at radius 3 is 2.77 bits per heavy atom. The number of carbonyl (C=O) groups excluding carboxylic acids is 1. The summed E-state index contributed by atoms with van der Waals surface area (Å²) in [6.07, 6.45) is 5.95. The predicted octanol–water partition coefficient (Wildman–Crippen LogP) is 4.05. The minimum atomic E-state index is -3.12. The first kappa shape index (κ1) is 25.3. The molecule has 0 radical (unpaired) electrons. The van der Waals surface area contributed by atoms with Crippen LogP contribution in [0.1, 0.15) is 67.3 Å². The van der Waals surface area contributed by atoms with Crippen molar-refractivity contribution in [2.75, 3.05) is 37.7 Å². The number of piperidine rings is 2. The third kappa shape index (κ3) is 6.90. The van der Waals surface area contributed by atoms with E-state index in [1.54, 1.807) is 0 Å². The first-order valence-electron chi connectivity index (χ1n) is 12.5. The van der Waals surface area contributed by atoms with Gasteiger partial charge in [0.15, 0.2) is 0 Å². The number of anilines is 1. The molecular weight excluding hydrogens is 456 g/mol. The molecule has 2 aromatic rings. The molecule has 1 aromatic carbocycles. The van der Waals surface area contributed by atoms with Crippen molar-refractivity contribution >= 4 is 11.9 Å². The molecule has 2 saturated heterocycles. The van der Waals surface area contributed by atoms with Crippen LogP contribution in [0.2, 0.25) is 0 Å². The summed E-state index contributed by atoms with van der Waals surface area (Å²) in [5.41, 5.74) is 1.59. The van der Waals surface area contributed by atoms with Crippen molar-refractivity contribution in [3.63, 3.8) is 0 Å². The Morgan fingerprint density at radius 2 is 2.11 bits per heavy atom. The molecule has 0 saturated carbocycles. The van der Waals surface area contributed by atoms with Gasteiger partial charge in [-0.05, 0) is 86.8 Å². The van der Waals surface area contributed by atoms with E-state index in [0.717, 1.165) is 82.9 Å². The number of alkyl halides is 2. The Balaban J connectivity index is 1.16. The monoisotopic (exact) mass is 491 g/mol. The minimum Gasteiger partial charge on any atom is -0.494 e. The van der Waals surface area contributed by atoms with Crippen LogP contribution in [0.25, 0.3) is 0 Å². The summed E-state index contributed by atoms with van der Waals surface area (Å²) in [7, 11) is 0. The van der Waals surface area contributed by atoms with E-state index < -0.39 is 11.8 Å². The molecule has 0 aliphatic carbocycles. The second kappa shape index (κ2) is 11.3. The van der Waals surface area contributed by atoms with E-state index in [0.29, 0.717) is 18.1 Å². The second-order valence-electron chi connectivity index (χ2n) is 9.70. The predicted molar refractivity (Wildman–Crippen MR) is 128 cm³/mol. The van der Waals surface area contributed by atoms with Crippen LogP contribution in [0.4, 0.5) is 14.7 Å². The zero-order valence-electron chi connectivity index (χ0n) is 20.5. The van der Waals surface area contributed by atoms with E-state index in [1.807, 2.05) is 30.0 Å². The molecule has 10 heteroatoms. The maximum atomic E-state index is 13.3. The summed E-state index contributed by atoms with van der Waals surface area (Å²) < 4.78 is 37.3. The number of halogens is 2. The number of aryl methyl sites for hydroxylation is 1. The number of ether oxygens (including phenoxy) is 1. The van der Waals surface area contributed by atoms with Crippen LogP contribution in [0.5, 0.6) is 5.75 Å². The Hall–Kier alpha value is -2.75. The van der Waals surface area contributed by atoms with Crippen LogP contribution in [-0.2, 0) is 5.92 Å². The molecule has 2 fully saturated rings. The molecule has 3 heterocycles. The zero-order valence-corrected chi connectivity index (χ0v) is 20.5. The molecule has 1 aromatic heterocycles. The molecule has 8 nitrogen and oxygen atoms in total. The number of nitrogens with one attached hydrogen (secondary N) is 2. The molecule has 1 unspecified atom stereocenters. The van der Waals surface area contributed by atoms with Gasteiger partial charge in [0.05, 0.1) is 6.61 Å². The van der Waals surface area contributed by atoms with E-state index in [4.69, 9.17) is 9.26 Å². The number of aromatic nitrogens is 2. The fraction of sp³-hybridized carbons (Fsp3) is 0.640. The SMILES string of the molecule is Cc1cc(OCCCC2CCN(c3noc(C(C)(F)F)n3)CC2)ccc1C(=O)NC1CCCNC1. The minimum absolute atomic E-state index is 0.0328. The smallest absolute Gasteiger partial charge is 0.322 e. The van der Waals surface area contributed by atoms with Gasteiger partial charge in [-0.2, -0.15) is 13.8 Å². The number of amides is 1. The number of hydrogen-bond acceptors (Lipinski definition) is 7. The fourth-order valence-corrected chi connectivity index (χ4v) is 4.72. The van der Waals surface area contributed by atoms with E-state index >= 15 is 0 Å². The number of nitrogens with zero attached hydrogens (tertiary/aromatic N) is 3. The van der Waals surface area contributed by atoms with Crippen molar-refractivity contribution in [3.05, 3.63) is 35.2 Å². The summed E-state index contributed by atoms with van der Waals surface area (Å²) >= 11 is 0. The Kier molecular flexibility index (Phi) is 8.20. The lowest BCUT2D eigenvalue weighted by Crippen LogP contribution is -2.45. The van der Waals surface area contributed by atoms with Crippen LogP contribution in [0.15, 0.2) is 22.7 Å². The molecule has 2 N–H and O–H groups in total. The Morgan fingerprint density at radius 1 is 1.31 bits per heavy atom. The third-order valence-electron chi connectivity index (χ3n) is 6.79. The van der Waals surface area contributed by atoms with Crippen molar-refractivity contribution in [2.45, 2.75) is 64.3 Å². The number of benzene rings is 1. The zero-order chi connectivity index (χ0) is 24.8. The van der Waals surface area contributed by atoms with Gasteiger partial charge < -0.3 is 24.8 Å². The number of rotatable bonds is 9. The van der Waals surface area contributed by atoms with Crippen LogP contribution < -0.4 is 20.3 Å². The standard InChI is InChI=1S/C25H35F2N5O3/c1-17-15-20(7-8-21(17)22(33)29-19-6-3-11-28-16-19)34-14-4-5-18-9-12-32(13-10-18)24-30-23(35-31-24)25(2,26)27/h7-8,15,18-19,28H,3-6,9-14,16H2,1-2H3,(H,29,33). The molecule has 192 valence electrons. The first-order chi connectivity index (χ1) is 16.8. The van der Waals surface area contributed by atoms with Crippen LogP contribution in [-0.4, -0.2) is 54.9 Å². The van der Waals surface area contributed by atoms with E-state index in [1.165, 1.54) is 0 Å². The quantitative estimate of drug-likeness (QED) is 0.512. The highest BCUT2D eigenvalue weighted by Crippen LogP contribution is 2.29. The van der Waals surface area contributed by atoms with Gasteiger partial charge in [0.1, 0.15) is 5.75 Å². The molecule has 0 bridgehead atoms. The van der Waals surface area contributed by atoms with Crippen LogP contribution in [0, 0.1) is 12.8 Å². The fourth-order valence-electron chi connectivity index (χ4n) is 4.72. The van der Waals surface area contributed by atoms with Crippen molar-refractivity contribution in [2.24, 2.45) is 5.92 Å². The Labute approximate surface area is 204 Å². The molecule has 4 rings (SSSR count). The molecule has 2 aliphatic rings. The maximum absolute atomic E-state index is 13.3. The summed E-state index contributed by atoms with van der Waals surface area (Å²) in [6.45, 7) is 6.57. The average molecular weight is 492 g/mol. The number of carbonyl (C=O) groups is 1. The Bertz CT molecular complexity index is 980. The van der Waals surface area contributed by atoms with E-state index in [-0.39, 0.29) is 17.9 Å². The topological polar surface area (TPSA) is 92.5 Å². The maximum Gasteiger partial charge on any atom is 0.322 e. The normalized spacial score (nSPS) is 19.5. The molecule has 1 atom stereocenters. The van der Waals surface area contributed by atoms with Gasteiger partial charge in [-0.15, -0.1) is 0 Å². The van der Waals surface area contributed by atoms with Crippen LogP contribution in [0.3, 0.4) is 0 Å². The van der Waals surface area contributed by atoms with Crippen molar-refractivity contribution < 1.29 is 22.8 Å². The summed E-state index contributed by atoms with van der Waals surface area (Å²) in [4.78, 5) is 18.4. The van der Waals surface area contributed by atoms with Gasteiger partial charge in [-0.25, -0.2) is 0 Å². The van der Waals surface area contributed by atoms with Crippen LogP contribution >= 0.6 is 0 Å². The van der Waals surface area contributed by atoms with E-state index in [9.17, 15) is 13.6 Å². The number of hydrogen-bond donors (Lipinski definition) is 2. The molecule has 1 amide bonds. The second-order valence-corrected chi connectivity index (χ2v) is 9.70. The molecule has 2 aliphatic heterocycles.